The molecule has 1 amide bonds. The predicted molar refractivity (Wildman–Crippen MR) is 77.2 cm³/mol. The average molecular weight is 279 g/mol. The summed E-state index contributed by atoms with van der Waals surface area (Å²) in [4.78, 5) is 14.5. The molecule has 112 valence electrons. The summed E-state index contributed by atoms with van der Waals surface area (Å²) in [5.74, 6) is 0.159. The molecule has 1 N–H and O–H groups in total. The van der Waals surface area contributed by atoms with E-state index < -0.39 is 0 Å². The minimum absolute atomic E-state index is 0.159. The molecule has 1 atom stereocenters. The summed E-state index contributed by atoms with van der Waals surface area (Å²) >= 11 is 0. The Morgan fingerprint density at radius 2 is 2.05 bits per heavy atom. The Morgan fingerprint density at radius 1 is 1.35 bits per heavy atom. The van der Waals surface area contributed by atoms with Crippen LogP contribution >= 0.6 is 0 Å². The van der Waals surface area contributed by atoms with E-state index in [1.165, 1.54) is 12.8 Å². The van der Waals surface area contributed by atoms with Gasteiger partial charge in [-0.15, -0.1) is 5.10 Å². The molecule has 0 aromatic carbocycles. The van der Waals surface area contributed by atoms with Crippen molar-refractivity contribution in [3.8, 4) is 0 Å². The Labute approximate surface area is 120 Å². The SMILES string of the molecule is CCNCc1cn(C(C)C(=O)N2CCCCCC2)nn1. The molecule has 2 rings (SSSR count). The fourth-order valence-corrected chi connectivity index (χ4v) is 2.51. The van der Waals surface area contributed by atoms with Crippen molar-refractivity contribution < 1.29 is 4.79 Å². The van der Waals surface area contributed by atoms with Crippen LogP contribution in [0, 0.1) is 0 Å². The van der Waals surface area contributed by atoms with Gasteiger partial charge in [0.25, 0.3) is 0 Å². The van der Waals surface area contributed by atoms with Crippen molar-refractivity contribution in [1.29, 1.82) is 0 Å². The zero-order valence-corrected chi connectivity index (χ0v) is 12.5. The summed E-state index contributed by atoms with van der Waals surface area (Å²) in [6.45, 7) is 7.30. The predicted octanol–water partition coefficient (Wildman–Crippen LogP) is 1.35. The van der Waals surface area contributed by atoms with Crippen molar-refractivity contribution in [3.05, 3.63) is 11.9 Å². The van der Waals surface area contributed by atoms with E-state index in [0.717, 1.165) is 38.2 Å². The maximum atomic E-state index is 12.5. The Kier molecular flexibility index (Phi) is 5.52. The van der Waals surface area contributed by atoms with E-state index in [1.54, 1.807) is 4.68 Å². The van der Waals surface area contributed by atoms with Gasteiger partial charge in [0.05, 0.1) is 11.9 Å². The molecule has 1 aromatic heterocycles. The van der Waals surface area contributed by atoms with Crippen LogP contribution in [0.15, 0.2) is 6.20 Å². The van der Waals surface area contributed by atoms with Crippen LogP contribution in [0.4, 0.5) is 0 Å². The van der Waals surface area contributed by atoms with E-state index >= 15 is 0 Å². The number of nitrogens with one attached hydrogen (secondary N) is 1. The molecule has 1 fully saturated rings. The normalized spacial score (nSPS) is 17.8. The van der Waals surface area contributed by atoms with Gasteiger partial charge in [0.1, 0.15) is 6.04 Å². The molecule has 1 saturated heterocycles. The van der Waals surface area contributed by atoms with Gasteiger partial charge in [0.15, 0.2) is 0 Å². The zero-order chi connectivity index (χ0) is 14.4. The summed E-state index contributed by atoms with van der Waals surface area (Å²) in [5, 5.41) is 11.4. The van der Waals surface area contributed by atoms with Crippen molar-refractivity contribution in [2.75, 3.05) is 19.6 Å². The third-order valence-corrected chi connectivity index (χ3v) is 3.79. The Balaban J connectivity index is 1.96. The van der Waals surface area contributed by atoms with Crippen LogP contribution in [0.5, 0.6) is 0 Å². The Morgan fingerprint density at radius 3 is 2.70 bits per heavy atom. The Hall–Kier alpha value is -1.43. The lowest BCUT2D eigenvalue weighted by Gasteiger charge is -2.23. The number of rotatable bonds is 5. The molecule has 0 spiro atoms. The van der Waals surface area contributed by atoms with Crippen molar-refractivity contribution >= 4 is 5.91 Å². The molecular weight excluding hydrogens is 254 g/mol. The largest absolute Gasteiger partial charge is 0.341 e. The van der Waals surface area contributed by atoms with E-state index in [4.69, 9.17) is 0 Å². The van der Waals surface area contributed by atoms with E-state index in [0.29, 0.717) is 6.54 Å². The van der Waals surface area contributed by atoms with Gasteiger partial charge in [-0.3, -0.25) is 4.79 Å². The number of carbonyl (C=O) groups excluding carboxylic acids is 1. The van der Waals surface area contributed by atoms with Crippen LogP contribution in [-0.4, -0.2) is 45.4 Å². The van der Waals surface area contributed by atoms with Gasteiger partial charge in [0.2, 0.25) is 5.91 Å². The second-order valence-electron chi connectivity index (χ2n) is 5.39. The number of likely N-dealkylation sites (tertiary alicyclic amines) is 1. The van der Waals surface area contributed by atoms with Crippen LogP contribution in [0.1, 0.15) is 51.3 Å². The van der Waals surface area contributed by atoms with Gasteiger partial charge >= 0.3 is 0 Å². The van der Waals surface area contributed by atoms with Crippen LogP contribution in [0.2, 0.25) is 0 Å². The lowest BCUT2D eigenvalue weighted by molar-refractivity contribution is -0.134. The Bertz CT molecular complexity index is 423. The first-order valence-corrected chi connectivity index (χ1v) is 7.62. The van der Waals surface area contributed by atoms with Gasteiger partial charge in [-0.05, 0) is 26.3 Å². The van der Waals surface area contributed by atoms with Gasteiger partial charge in [-0.1, -0.05) is 25.0 Å². The van der Waals surface area contributed by atoms with Crippen LogP contribution in [-0.2, 0) is 11.3 Å². The summed E-state index contributed by atoms with van der Waals surface area (Å²) in [7, 11) is 0. The minimum atomic E-state index is -0.268. The first-order valence-electron chi connectivity index (χ1n) is 7.62. The van der Waals surface area contributed by atoms with E-state index in [1.807, 2.05) is 18.0 Å². The topological polar surface area (TPSA) is 63.1 Å². The fraction of sp³-hybridized carbons (Fsp3) is 0.786. The highest BCUT2D eigenvalue weighted by molar-refractivity contribution is 5.80. The zero-order valence-electron chi connectivity index (χ0n) is 12.5. The fourth-order valence-electron chi connectivity index (χ4n) is 2.51. The summed E-state index contributed by atoms with van der Waals surface area (Å²) < 4.78 is 1.68. The van der Waals surface area contributed by atoms with Crippen molar-refractivity contribution in [2.24, 2.45) is 0 Å². The third-order valence-electron chi connectivity index (χ3n) is 3.79. The number of hydrogen-bond acceptors (Lipinski definition) is 4. The van der Waals surface area contributed by atoms with Crippen LogP contribution in [0.25, 0.3) is 0 Å². The quantitative estimate of drug-likeness (QED) is 0.884. The first kappa shape index (κ1) is 15.0. The van der Waals surface area contributed by atoms with Gasteiger partial charge in [0, 0.05) is 19.6 Å². The van der Waals surface area contributed by atoms with Crippen LogP contribution in [0.3, 0.4) is 0 Å². The number of hydrogen-bond donors (Lipinski definition) is 1. The van der Waals surface area contributed by atoms with E-state index in [9.17, 15) is 4.79 Å². The molecule has 1 aliphatic rings. The molecule has 0 saturated carbocycles. The van der Waals surface area contributed by atoms with Crippen molar-refractivity contribution in [3.63, 3.8) is 0 Å². The maximum Gasteiger partial charge on any atom is 0.247 e. The molecular formula is C14H25N5O. The lowest BCUT2D eigenvalue weighted by Crippen LogP contribution is -2.37. The molecule has 0 bridgehead atoms. The van der Waals surface area contributed by atoms with Crippen molar-refractivity contribution in [2.45, 2.75) is 52.1 Å². The highest BCUT2D eigenvalue weighted by Crippen LogP contribution is 2.15. The molecule has 1 aliphatic heterocycles. The highest BCUT2D eigenvalue weighted by Gasteiger charge is 2.23. The number of carbonyl (C=O) groups is 1. The minimum Gasteiger partial charge on any atom is -0.341 e. The number of nitrogens with zero attached hydrogens (tertiary/aromatic N) is 4. The van der Waals surface area contributed by atoms with Gasteiger partial charge < -0.3 is 10.2 Å². The summed E-state index contributed by atoms with van der Waals surface area (Å²) in [6, 6.07) is -0.268. The maximum absolute atomic E-state index is 12.5. The molecule has 2 heterocycles. The molecule has 6 heteroatoms. The monoisotopic (exact) mass is 279 g/mol. The summed E-state index contributed by atoms with van der Waals surface area (Å²) in [5.41, 5.74) is 0.877. The number of aromatic nitrogens is 3. The summed E-state index contributed by atoms with van der Waals surface area (Å²) in [6.07, 6.45) is 6.55. The van der Waals surface area contributed by atoms with Gasteiger partial charge in [-0.25, -0.2) is 4.68 Å². The van der Waals surface area contributed by atoms with Gasteiger partial charge in [-0.2, -0.15) is 0 Å². The number of amides is 1. The molecule has 0 aliphatic carbocycles. The lowest BCUT2D eigenvalue weighted by atomic mass is 10.2. The van der Waals surface area contributed by atoms with E-state index in [2.05, 4.69) is 22.6 Å². The van der Waals surface area contributed by atoms with Crippen molar-refractivity contribution in [1.82, 2.24) is 25.2 Å². The van der Waals surface area contributed by atoms with Crippen LogP contribution < -0.4 is 5.32 Å². The second kappa shape index (κ2) is 7.38. The third kappa shape index (κ3) is 3.79. The molecule has 6 nitrogen and oxygen atoms in total. The smallest absolute Gasteiger partial charge is 0.247 e. The average Bonchev–Trinajstić information content (AvgIpc) is 2.76. The standard InChI is InChI=1S/C14H25N5O/c1-3-15-10-13-11-19(17-16-13)12(2)14(20)18-8-6-4-5-7-9-18/h11-12,15H,3-10H2,1-2H3. The second-order valence-corrected chi connectivity index (χ2v) is 5.39. The first-order chi connectivity index (χ1) is 9.72. The molecule has 20 heavy (non-hydrogen) atoms. The molecule has 1 unspecified atom stereocenters. The molecule has 0 radical (unpaired) electrons. The van der Waals surface area contributed by atoms with E-state index in [-0.39, 0.29) is 11.9 Å². The molecule has 1 aromatic rings. The highest BCUT2D eigenvalue weighted by atomic mass is 16.2.